The molecule has 0 saturated carbocycles. The molecule has 0 spiro atoms. The Hall–Kier alpha value is -2.77. The summed E-state index contributed by atoms with van der Waals surface area (Å²) in [5.74, 6) is 1.87. The summed E-state index contributed by atoms with van der Waals surface area (Å²) in [5.41, 5.74) is 2.50. The molecule has 1 heterocycles. The Morgan fingerprint density at radius 2 is 1.87 bits per heavy atom. The molecule has 0 aliphatic rings. The average molecular weight is 449 g/mol. The number of carbonyl (C=O) groups excluding carboxylic acids is 1. The van der Waals surface area contributed by atoms with Crippen LogP contribution in [0.5, 0.6) is 11.5 Å². The van der Waals surface area contributed by atoms with E-state index in [1.54, 1.807) is 12.1 Å². The van der Waals surface area contributed by atoms with Gasteiger partial charge in [0.05, 0.1) is 12.6 Å². The first kappa shape index (κ1) is 21.9. The maximum absolute atomic E-state index is 11.5. The van der Waals surface area contributed by atoms with Gasteiger partial charge in [0.1, 0.15) is 12.1 Å². The van der Waals surface area contributed by atoms with Crippen LogP contribution in [-0.2, 0) is 4.79 Å². The summed E-state index contributed by atoms with van der Waals surface area (Å²) in [6.07, 6.45) is 1.47. The number of nitrogens with one attached hydrogen (secondary N) is 1. The van der Waals surface area contributed by atoms with Crippen LogP contribution in [0.4, 0.5) is 17.2 Å². The van der Waals surface area contributed by atoms with Gasteiger partial charge >= 0.3 is 5.97 Å². The van der Waals surface area contributed by atoms with Crippen LogP contribution in [0.25, 0.3) is 10.9 Å². The van der Waals surface area contributed by atoms with Crippen molar-refractivity contribution in [3.63, 3.8) is 0 Å². The zero-order chi connectivity index (χ0) is 21.5. The number of ether oxygens (including phenoxy) is 2. The summed E-state index contributed by atoms with van der Waals surface area (Å²) in [5, 5.41) is 4.01. The molecule has 0 bridgehead atoms. The summed E-state index contributed by atoms with van der Waals surface area (Å²) in [6, 6.07) is 11.3. The smallest absolute Gasteiger partial charge is 0.308 e. The van der Waals surface area contributed by atoms with Crippen LogP contribution in [0.3, 0.4) is 0 Å². The average Bonchev–Trinajstić information content (AvgIpc) is 2.73. The van der Waals surface area contributed by atoms with E-state index in [-0.39, 0.29) is 0 Å². The second kappa shape index (κ2) is 10.3. The van der Waals surface area contributed by atoms with E-state index in [0.29, 0.717) is 53.1 Å². The van der Waals surface area contributed by atoms with Gasteiger partial charge in [-0.05, 0) is 24.3 Å². The van der Waals surface area contributed by atoms with Gasteiger partial charge in [0.25, 0.3) is 0 Å². The minimum atomic E-state index is -0.439. The number of rotatable bonds is 9. The van der Waals surface area contributed by atoms with Gasteiger partial charge in [-0.15, -0.1) is 23.2 Å². The maximum atomic E-state index is 11.5. The van der Waals surface area contributed by atoms with E-state index >= 15 is 0 Å². The lowest BCUT2D eigenvalue weighted by Crippen LogP contribution is -2.27. The number of alkyl halides is 2. The second-order valence-electron chi connectivity index (χ2n) is 6.38. The van der Waals surface area contributed by atoms with Crippen molar-refractivity contribution < 1.29 is 14.3 Å². The summed E-state index contributed by atoms with van der Waals surface area (Å²) in [4.78, 5) is 22.2. The highest BCUT2D eigenvalue weighted by Gasteiger charge is 2.14. The van der Waals surface area contributed by atoms with E-state index in [4.69, 9.17) is 32.7 Å². The summed E-state index contributed by atoms with van der Waals surface area (Å²) in [7, 11) is 1.51. The fourth-order valence-electron chi connectivity index (χ4n) is 3.05. The number of anilines is 3. The molecule has 0 aliphatic carbocycles. The molecule has 7 nitrogen and oxygen atoms in total. The molecule has 1 aromatic heterocycles. The Kier molecular flexibility index (Phi) is 7.54. The van der Waals surface area contributed by atoms with Crippen molar-refractivity contribution in [2.24, 2.45) is 0 Å². The van der Waals surface area contributed by atoms with Crippen LogP contribution in [0.1, 0.15) is 6.92 Å². The minimum Gasteiger partial charge on any atom is -0.493 e. The lowest BCUT2D eigenvalue weighted by molar-refractivity contribution is -0.132. The van der Waals surface area contributed by atoms with Gasteiger partial charge < -0.3 is 19.7 Å². The Morgan fingerprint density at radius 3 is 2.53 bits per heavy atom. The number of nitrogens with zero attached hydrogens (tertiary/aromatic N) is 3. The number of fused-ring (bicyclic) bond motifs is 1. The Morgan fingerprint density at radius 1 is 1.10 bits per heavy atom. The molecule has 0 aliphatic heterocycles. The number of methoxy groups -OCH3 is 1. The summed E-state index contributed by atoms with van der Waals surface area (Å²) >= 11 is 11.9. The van der Waals surface area contributed by atoms with Crippen LogP contribution < -0.4 is 19.7 Å². The SMILES string of the molecule is COc1cc2ncnc(Nc3cccc(N(CCCl)CCCl)c3)c2cc1OC(C)=O. The van der Waals surface area contributed by atoms with Crippen molar-refractivity contribution in [1.82, 2.24) is 9.97 Å². The van der Waals surface area contributed by atoms with E-state index in [0.717, 1.165) is 11.4 Å². The summed E-state index contributed by atoms with van der Waals surface area (Å²) in [6.45, 7) is 2.72. The lowest BCUT2D eigenvalue weighted by Gasteiger charge is -2.23. The molecule has 30 heavy (non-hydrogen) atoms. The van der Waals surface area contributed by atoms with Gasteiger partial charge in [-0.25, -0.2) is 9.97 Å². The normalized spacial score (nSPS) is 10.7. The molecule has 158 valence electrons. The number of halogens is 2. The minimum absolute atomic E-state index is 0.305. The van der Waals surface area contributed by atoms with Crippen LogP contribution in [0, 0.1) is 0 Å². The zero-order valence-electron chi connectivity index (χ0n) is 16.7. The number of carbonyl (C=O) groups is 1. The van der Waals surface area contributed by atoms with Crippen molar-refractivity contribution in [3.05, 3.63) is 42.7 Å². The molecule has 0 amide bonds. The van der Waals surface area contributed by atoms with Gasteiger partial charge in [-0.3, -0.25) is 4.79 Å². The molecule has 1 N–H and O–H groups in total. The van der Waals surface area contributed by atoms with Crippen LogP contribution in [-0.4, -0.2) is 47.9 Å². The number of aromatic nitrogens is 2. The molecule has 0 saturated heterocycles. The maximum Gasteiger partial charge on any atom is 0.308 e. The zero-order valence-corrected chi connectivity index (χ0v) is 18.2. The topological polar surface area (TPSA) is 76.6 Å². The third-order valence-electron chi connectivity index (χ3n) is 4.36. The van der Waals surface area contributed by atoms with Crippen molar-refractivity contribution in [2.75, 3.05) is 42.2 Å². The molecular formula is C21H22Cl2N4O3. The highest BCUT2D eigenvalue weighted by Crippen LogP contribution is 2.35. The first-order valence-electron chi connectivity index (χ1n) is 9.31. The first-order chi connectivity index (χ1) is 14.5. The van der Waals surface area contributed by atoms with Crippen LogP contribution >= 0.6 is 23.2 Å². The van der Waals surface area contributed by atoms with Gasteiger partial charge in [-0.1, -0.05) is 6.07 Å². The Bertz CT molecular complexity index is 1030. The molecule has 0 radical (unpaired) electrons. The second-order valence-corrected chi connectivity index (χ2v) is 7.13. The van der Waals surface area contributed by atoms with Crippen LogP contribution in [0.15, 0.2) is 42.7 Å². The first-order valence-corrected chi connectivity index (χ1v) is 10.4. The third-order valence-corrected chi connectivity index (χ3v) is 4.70. The van der Waals surface area contributed by atoms with E-state index in [1.165, 1.54) is 20.4 Å². The number of benzene rings is 2. The highest BCUT2D eigenvalue weighted by atomic mass is 35.5. The molecular weight excluding hydrogens is 427 g/mol. The fourth-order valence-corrected chi connectivity index (χ4v) is 3.46. The van der Waals surface area contributed by atoms with Gasteiger partial charge in [0.15, 0.2) is 11.5 Å². The summed E-state index contributed by atoms with van der Waals surface area (Å²) < 4.78 is 10.6. The van der Waals surface area contributed by atoms with E-state index in [9.17, 15) is 4.79 Å². The molecule has 2 aromatic carbocycles. The predicted molar refractivity (Wildman–Crippen MR) is 121 cm³/mol. The van der Waals surface area contributed by atoms with Crippen molar-refractivity contribution in [3.8, 4) is 11.5 Å². The van der Waals surface area contributed by atoms with E-state index in [2.05, 4.69) is 20.2 Å². The van der Waals surface area contributed by atoms with Crippen molar-refractivity contribution >= 4 is 57.3 Å². The van der Waals surface area contributed by atoms with E-state index < -0.39 is 5.97 Å². The quantitative estimate of drug-likeness (QED) is 0.291. The van der Waals surface area contributed by atoms with Crippen LogP contribution in [0.2, 0.25) is 0 Å². The molecule has 0 fully saturated rings. The number of hydrogen-bond acceptors (Lipinski definition) is 7. The number of esters is 1. The fraction of sp³-hybridized carbons (Fsp3) is 0.286. The van der Waals surface area contributed by atoms with Crippen molar-refractivity contribution in [2.45, 2.75) is 6.92 Å². The predicted octanol–water partition coefficient (Wildman–Crippen LogP) is 4.59. The van der Waals surface area contributed by atoms with Gasteiger partial charge in [-0.2, -0.15) is 0 Å². The molecule has 0 atom stereocenters. The Balaban J connectivity index is 1.97. The third kappa shape index (κ3) is 5.23. The largest absolute Gasteiger partial charge is 0.493 e. The molecule has 3 aromatic rings. The molecule has 3 rings (SSSR count). The molecule has 0 unspecified atom stereocenters. The van der Waals surface area contributed by atoms with Gasteiger partial charge in [0.2, 0.25) is 0 Å². The van der Waals surface area contributed by atoms with Gasteiger partial charge in [0, 0.05) is 54.6 Å². The van der Waals surface area contributed by atoms with Crippen molar-refractivity contribution in [1.29, 1.82) is 0 Å². The monoisotopic (exact) mass is 448 g/mol. The van der Waals surface area contributed by atoms with E-state index in [1.807, 2.05) is 24.3 Å². The number of hydrogen-bond donors (Lipinski definition) is 1. The Labute approximate surface area is 184 Å². The standard InChI is InChI=1S/C21H22Cl2N4O3/c1-14(28)30-20-11-17-18(12-19(20)29-2)24-13-25-21(17)26-15-4-3-5-16(10-15)27(8-6-22)9-7-23/h3-5,10-13H,6-9H2,1-2H3,(H,24,25,26). The lowest BCUT2D eigenvalue weighted by atomic mass is 10.2. The molecule has 9 heteroatoms. The highest BCUT2D eigenvalue weighted by molar-refractivity contribution is 6.18.